The Morgan fingerprint density at radius 2 is 2.07 bits per heavy atom. The van der Waals surface area contributed by atoms with E-state index in [-0.39, 0.29) is 42.4 Å². The number of hydrogen-bond donors (Lipinski definition) is 2. The molecule has 0 saturated heterocycles. The van der Waals surface area contributed by atoms with Gasteiger partial charge in [0.2, 0.25) is 0 Å². The highest BCUT2D eigenvalue weighted by Crippen LogP contribution is 2.16. The molecule has 1 atom stereocenters. The van der Waals surface area contributed by atoms with Gasteiger partial charge in [0.1, 0.15) is 5.82 Å². The van der Waals surface area contributed by atoms with Gasteiger partial charge < -0.3 is 10.6 Å². The van der Waals surface area contributed by atoms with E-state index < -0.39 is 0 Å². The zero-order valence-corrected chi connectivity index (χ0v) is 20.4. The molecular formula is C19H28BrFIN5. The third-order valence-corrected chi connectivity index (χ3v) is 4.81. The zero-order chi connectivity index (χ0) is 19.3. The molecule has 0 radical (unpaired) electrons. The predicted octanol–water partition coefficient (Wildman–Crippen LogP) is 4.24. The number of halogens is 3. The summed E-state index contributed by atoms with van der Waals surface area (Å²) in [5.74, 6) is 0.432. The van der Waals surface area contributed by atoms with Crippen molar-refractivity contribution >= 4 is 45.9 Å². The maximum atomic E-state index is 13.9. The van der Waals surface area contributed by atoms with Gasteiger partial charge in [-0.3, -0.25) is 4.68 Å². The lowest BCUT2D eigenvalue weighted by molar-refractivity contribution is 0.607. The Hall–Kier alpha value is -1.16. The first-order valence-corrected chi connectivity index (χ1v) is 9.59. The number of guanidine groups is 1. The first kappa shape index (κ1) is 23.9. The highest BCUT2D eigenvalue weighted by atomic mass is 127. The minimum absolute atomic E-state index is 0. The van der Waals surface area contributed by atoms with Gasteiger partial charge in [-0.2, -0.15) is 5.10 Å². The number of aryl methyl sites for hydroxylation is 2. The van der Waals surface area contributed by atoms with Crippen LogP contribution in [0.3, 0.4) is 0 Å². The minimum Gasteiger partial charge on any atom is -0.357 e. The van der Waals surface area contributed by atoms with Crippen LogP contribution in [0.1, 0.15) is 36.4 Å². The van der Waals surface area contributed by atoms with E-state index in [9.17, 15) is 4.39 Å². The molecule has 0 fully saturated rings. The molecule has 0 bridgehead atoms. The average molecular weight is 552 g/mol. The summed E-state index contributed by atoms with van der Waals surface area (Å²) in [5, 5.41) is 11.1. The Bertz CT molecular complexity index is 791. The monoisotopic (exact) mass is 551 g/mol. The van der Waals surface area contributed by atoms with Gasteiger partial charge >= 0.3 is 0 Å². The van der Waals surface area contributed by atoms with Gasteiger partial charge in [0.05, 0.1) is 12.2 Å². The molecule has 150 valence electrons. The SMILES string of the molecule is CCNC(=NCc1cc(Br)ccc1F)NC(C)Cc1c(C)nn(C)c1C.I. The summed E-state index contributed by atoms with van der Waals surface area (Å²) >= 11 is 3.37. The fourth-order valence-electron chi connectivity index (χ4n) is 2.85. The van der Waals surface area contributed by atoms with Gasteiger partial charge in [0.15, 0.2) is 5.96 Å². The van der Waals surface area contributed by atoms with E-state index in [0.717, 1.165) is 23.1 Å². The Kier molecular flexibility index (Phi) is 9.72. The first-order valence-electron chi connectivity index (χ1n) is 8.79. The standard InChI is InChI=1S/C19H27BrFN5.HI/c1-6-22-19(23-11-15-10-16(20)7-8-18(15)21)24-12(2)9-17-13(3)25-26(5)14(17)4;/h7-8,10,12H,6,9,11H2,1-5H3,(H2,22,23,24);1H. The van der Waals surface area contributed by atoms with Crippen LogP contribution in [0.25, 0.3) is 0 Å². The average Bonchev–Trinajstić information content (AvgIpc) is 2.82. The molecule has 0 amide bonds. The molecule has 5 nitrogen and oxygen atoms in total. The van der Waals surface area contributed by atoms with Gasteiger partial charge in [0, 0.05) is 35.4 Å². The summed E-state index contributed by atoms with van der Waals surface area (Å²) in [5.41, 5.74) is 4.04. The van der Waals surface area contributed by atoms with E-state index in [4.69, 9.17) is 0 Å². The quantitative estimate of drug-likeness (QED) is 0.321. The van der Waals surface area contributed by atoms with Crippen molar-refractivity contribution in [3.05, 3.63) is 51.0 Å². The van der Waals surface area contributed by atoms with Crippen molar-refractivity contribution in [1.29, 1.82) is 0 Å². The number of aromatic nitrogens is 2. The molecule has 0 aliphatic carbocycles. The molecule has 0 aliphatic heterocycles. The zero-order valence-electron chi connectivity index (χ0n) is 16.4. The van der Waals surface area contributed by atoms with Crippen LogP contribution < -0.4 is 10.6 Å². The Morgan fingerprint density at radius 1 is 1.37 bits per heavy atom. The van der Waals surface area contributed by atoms with E-state index in [2.05, 4.69) is 50.5 Å². The van der Waals surface area contributed by atoms with Gasteiger partial charge in [0.25, 0.3) is 0 Å². The molecule has 8 heteroatoms. The molecule has 0 spiro atoms. The molecule has 1 aromatic carbocycles. The van der Waals surface area contributed by atoms with Crippen LogP contribution in [0.4, 0.5) is 4.39 Å². The van der Waals surface area contributed by atoms with Crippen LogP contribution >= 0.6 is 39.9 Å². The van der Waals surface area contributed by atoms with Gasteiger partial charge in [-0.15, -0.1) is 24.0 Å². The van der Waals surface area contributed by atoms with E-state index >= 15 is 0 Å². The number of aliphatic imine (C=N–C) groups is 1. The van der Waals surface area contributed by atoms with Gasteiger partial charge in [-0.1, -0.05) is 15.9 Å². The fraction of sp³-hybridized carbons (Fsp3) is 0.474. The third kappa shape index (κ3) is 6.74. The molecular weight excluding hydrogens is 524 g/mol. The largest absolute Gasteiger partial charge is 0.357 e. The van der Waals surface area contributed by atoms with E-state index in [1.54, 1.807) is 12.1 Å². The number of benzene rings is 1. The van der Waals surface area contributed by atoms with E-state index in [1.807, 2.05) is 25.6 Å². The Morgan fingerprint density at radius 3 is 2.67 bits per heavy atom. The predicted molar refractivity (Wildman–Crippen MR) is 123 cm³/mol. The van der Waals surface area contributed by atoms with Crippen molar-refractivity contribution in [1.82, 2.24) is 20.4 Å². The Labute approximate surface area is 186 Å². The van der Waals surface area contributed by atoms with Crippen LogP contribution in [-0.4, -0.2) is 28.3 Å². The van der Waals surface area contributed by atoms with Crippen LogP contribution in [0, 0.1) is 19.7 Å². The van der Waals surface area contributed by atoms with Crippen molar-refractivity contribution in [3.63, 3.8) is 0 Å². The molecule has 2 N–H and O–H groups in total. The van der Waals surface area contributed by atoms with Gasteiger partial charge in [-0.25, -0.2) is 9.38 Å². The van der Waals surface area contributed by atoms with E-state index in [1.165, 1.54) is 17.3 Å². The molecule has 0 aliphatic rings. The highest BCUT2D eigenvalue weighted by Gasteiger charge is 2.14. The summed E-state index contributed by atoms with van der Waals surface area (Å²) in [6, 6.07) is 5.06. The lowest BCUT2D eigenvalue weighted by atomic mass is 10.1. The molecule has 1 heterocycles. The highest BCUT2D eigenvalue weighted by molar-refractivity contribution is 14.0. The van der Waals surface area contributed by atoms with E-state index in [0.29, 0.717) is 11.5 Å². The molecule has 27 heavy (non-hydrogen) atoms. The molecule has 1 aromatic heterocycles. The summed E-state index contributed by atoms with van der Waals surface area (Å²) in [6.07, 6.45) is 0.848. The van der Waals surface area contributed by atoms with Crippen molar-refractivity contribution < 1.29 is 4.39 Å². The number of nitrogens with one attached hydrogen (secondary N) is 2. The van der Waals surface area contributed by atoms with Crippen LogP contribution in [0.2, 0.25) is 0 Å². The lowest BCUT2D eigenvalue weighted by Crippen LogP contribution is -2.43. The van der Waals surface area contributed by atoms with Crippen molar-refractivity contribution in [3.8, 4) is 0 Å². The van der Waals surface area contributed by atoms with Gasteiger partial charge in [-0.05, 0) is 57.9 Å². The second-order valence-electron chi connectivity index (χ2n) is 6.45. The topological polar surface area (TPSA) is 54.2 Å². The summed E-state index contributed by atoms with van der Waals surface area (Å²) in [7, 11) is 1.96. The number of hydrogen-bond acceptors (Lipinski definition) is 2. The van der Waals surface area contributed by atoms with Crippen molar-refractivity contribution in [2.75, 3.05) is 6.54 Å². The summed E-state index contributed by atoms with van der Waals surface area (Å²) in [4.78, 5) is 4.53. The molecule has 2 aromatic rings. The normalized spacial score (nSPS) is 12.5. The summed E-state index contributed by atoms with van der Waals surface area (Å²) < 4.78 is 16.7. The molecule has 0 saturated carbocycles. The van der Waals surface area contributed by atoms with Crippen molar-refractivity contribution in [2.24, 2.45) is 12.0 Å². The Balaban J connectivity index is 0.00000364. The minimum atomic E-state index is -0.248. The first-order chi connectivity index (χ1) is 12.3. The molecule has 2 rings (SSSR count). The third-order valence-electron chi connectivity index (χ3n) is 4.31. The van der Waals surface area contributed by atoms with Crippen LogP contribution in [-0.2, 0) is 20.0 Å². The van der Waals surface area contributed by atoms with Crippen molar-refractivity contribution in [2.45, 2.75) is 46.7 Å². The maximum absolute atomic E-state index is 13.9. The fourth-order valence-corrected chi connectivity index (χ4v) is 3.26. The second kappa shape index (κ2) is 11.0. The number of nitrogens with zero attached hydrogens (tertiary/aromatic N) is 3. The van der Waals surface area contributed by atoms with Crippen LogP contribution in [0.5, 0.6) is 0 Å². The van der Waals surface area contributed by atoms with Crippen LogP contribution in [0.15, 0.2) is 27.7 Å². The lowest BCUT2D eigenvalue weighted by Gasteiger charge is -2.18. The maximum Gasteiger partial charge on any atom is 0.191 e. The second-order valence-corrected chi connectivity index (χ2v) is 7.37. The summed E-state index contributed by atoms with van der Waals surface area (Å²) in [6.45, 7) is 9.25. The smallest absolute Gasteiger partial charge is 0.191 e. The molecule has 1 unspecified atom stereocenters. The number of rotatable bonds is 6.